The molecular weight excluding hydrogens is 330 g/mol. The zero-order chi connectivity index (χ0) is 18.6. The Morgan fingerprint density at radius 3 is 2.77 bits per heavy atom. The second kappa shape index (κ2) is 11.2. The molecule has 0 aliphatic heterocycles. The van der Waals surface area contributed by atoms with Crippen molar-refractivity contribution in [3.8, 4) is 5.75 Å². The highest BCUT2D eigenvalue weighted by Gasteiger charge is 2.06. The zero-order valence-corrected chi connectivity index (χ0v) is 15.9. The first-order chi connectivity index (χ1) is 12.7. The highest BCUT2D eigenvalue weighted by Crippen LogP contribution is 2.21. The summed E-state index contributed by atoms with van der Waals surface area (Å²) in [6.45, 7) is 9.78. The molecule has 142 valence electrons. The molecule has 0 unspecified atom stereocenters. The first-order valence-corrected chi connectivity index (χ1v) is 9.07. The molecule has 2 aromatic rings. The summed E-state index contributed by atoms with van der Waals surface area (Å²) in [7, 11) is 0. The van der Waals surface area contributed by atoms with Gasteiger partial charge in [0.1, 0.15) is 18.1 Å². The molecule has 1 aromatic carbocycles. The minimum atomic E-state index is 0.526. The molecule has 2 rings (SSSR count). The quantitative estimate of drug-likeness (QED) is 0.387. The number of hydrogen-bond donors (Lipinski definition) is 2. The summed E-state index contributed by atoms with van der Waals surface area (Å²) in [5, 5.41) is 6.51. The summed E-state index contributed by atoms with van der Waals surface area (Å²) in [6.07, 6.45) is 1.67. The van der Waals surface area contributed by atoms with E-state index in [0.717, 1.165) is 35.1 Å². The lowest BCUT2D eigenvalue weighted by molar-refractivity contribution is 0.110. The highest BCUT2D eigenvalue weighted by atomic mass is 16.5. The van der Waals surface area contributed by atoms with E-state index in [2.05, 4.69) is 34.7 Å². The first-order valence-electron chi connectivity index (χ1n) is 9.07. The molecule has 0 amide bonds. The van der Waals surface area contributed by atoms with E-state index >= 15 is 0 Å². The average Bonchev–Trinajstić information content (AvgIpc) is 3.16. The Hall–Kier alpha value is -2.47. The lowest BCUT2D eigenvalue weighted by Crippen LogP contribution is -2.36. The third-order valence-electron chi connectivity index (χ3n) is 3.67. The predicted octanol–water partition coefficient (Wildman–Crippen LogP) is 3.26. The van der Waals surface area contributed by atoms with Crippen molar-refractivity contribution >= 4 is 5.96 Å². The number of guanidine groups is 1. The smallest absolute Gasteiger partial charge is 0.191 e. The van der Waals surface area contributed by atoms with Crippen LogP contribution in [0.1, 0.15) is 30.7 Å². The van der Waals surface area contributed by atoms with Crippen molar-refractivity contribution in [2.45, 2.75) is 33.9 Å². The van der Waals surface area contributed by atoms with Gasteiger partial charge in [0.15, 0.2) is 5.96 Å². The van der Waals surface area contributed by atoms with Gasteiger partial charge in [-0.05, 0) is 44.5 Å². The van der Waals surface area contributed by atoms with E-state index in [9.17, 15) is 0 Å². The van der Waals surface area contributed by atoms with Crippen molar-refractivity contribution in [1.82, 2.24) is 10.6 Å². The Balaban J connectivity index is 1.99. The molecule has 6 nitrogen and oxygen atoms in total. The molecule has 0 saturated carbocycles. The molecule has 2 N–H and O–H groups in total. The van der Waals surface area contributed by atoms with Crippen molar-refractivity contribution < 1.29 is 13.9 Å². The molecule has 0 fully saturated rings. The second-order valence-electron chi connectivity index (χ2n) is 5.78. The van der Waals surface area contributed by atoms with Gasteiger partial charge in [0.2, 0.25) is 0 Å². The highest BCUT2D eigenvalue weighted by molar-refractivity contribution is 5.79. The Kier molecular flexibility index (Phi) is 8.55. The van der Waals surface area contributed by atoms with E-state index < -0.39 is 0 Å². The lowest BCUT2D eigenvalue weighted by atomic mass is 10.1. The van der Waals surface area contributed by atoms with Crippen LogP contribution in [-0.4, -0.2) is 32.3 Å². The average molecular weight is 359 g/mol. The fourth-order valence-corrected chi connectivity index (χ4v) is 2.37. The second-order valence-corrected chi connectivity index (χ2v) is 5.78. The molecule has 1 heterocycles. The van der Waals surface area contributed by atoms with E-state index in [1.807, 2.05) is 32.0 Å². The maximum atomic E-state index is 5.88. The summed E-state index contributed by atoms with van der Waals surface area (Å²) < 4.78 is 16.6. The number of hydrogen-bond acceptors (Lipinski definition) is 4. The summed E-state index contributed by atoms with van der Waals surface area (Å²) >= 11 is 0. The molecular formula is C20H29N3O3. The zero-order valence-electron chi connectivity index (χ0n) is 15.9. The Labute approximate surface area is 155 Å². The van der Waals surface area contributed by atoms with E-state index in [-0.39, 0.29) is 0 Å². The molecule has 0 saturated heterocycles. The molecule has 26 heavy (non-hydrogen) atoms. The van der Waals surface area contributed by atoms with Gasteiger partial charge in [-0.2, -0.15) is 0 Å². The summed E-state index contributed by atoms with van der Waals surface area (Å²) in [4.78, 5) is 4.66. The van der Waals surface area contributed by atoms with Gasteiger partial charge in [-0.25, -0.2) is 4.99 Å². The van der Waals surface area contributed by atoms with Crippen LogP contribution in [0.25, 0.3) is 0 Å². The number of ether oxygens (including phenoxy) is 2. The minimum Gasteiger partial charge on any atom is -0.491 e. The van der Waals surface area contributed by atoms with E-state index in [4.69, 9.17) is 13.9 Å². The van der Waals surface area contributed by atoms with E-state index in [1.54, 1.807) is 6.26 Å². The largest absolute Gasteiger partial charge is 0.491 e. The van der Waals surface area contributed by atoms with Crippen LogP contribution in [0.15, 0.2) is 46.0 Å². The van der Waals surface area contributed by atoms with Crippen LogP contribution in [0.2, 0.25) is 0 Å². The summed E-state index contributed by atoms with van der Waals surface area (Å²) in [5.41, 5.74) is 2.20. The fraction of sp³-hybridized carbons (Fsp3) is 0.450. The number of benzene rings is 1. The van der Waals surface area contributed by atoms with E-state index in [1.165, 1.54) is 0 Å². The molecule has 0 aliphatic carbocycles. The van der Waals surface area contributed by atoms with Crippen LogP contribution in [-0.2, 0) is 17.8 Å². The Bertz CT molecular complexity index is 669. The van der Waals surface area contributed by atoms with Crippen LogP contribution in [0.5, 0.6) is 5.75 Å². The normalized spacial score (nSPS) is 11.4. The maximum Gasteiger partial charge on any atom is 0.191 e. The van der Waals surface area contributed by atoms with Gasteiger partial charge in [0, 0.05) is 18.7 Å². The maximum absolute atomic E-state index is 5.88. The predicted molar refractivity (Wildman–Crippen MR) is 104 cm³/mol. The molecule has 0 spiro atoms. The SMILES string of the molecule is CCNC(=NCc1ccc(C)cc1OCCOCC)NCc1ccco1. The van der Waals surface area contributed by atoms with E-state index in [0.29, 0.717) is 32.9 Å². The van der Waals surface area contributed by atoms with Gasteiger partial charge in [0.05, 0.1) is 26.0 Å². The molecule has 0 radical (unpaired) electrons. The van der Waals surface area contributed by atoms with Gasteiger partial charge in [0.25, 0.3) is 0 Å². The molecule has 0 atom stereocenters. The molecule has 0 bridgehead atoms. The number of aryl methyl sites for hydroxylation is 1. The number of furan rings is 1. The third kappa shape index (κ3) is 6.80. The Morgan fingerprint density at radius 2 is 2.04 bits per heavy atom. The van der Waals surface area contributed by atoms with Crippen LogP contribution >= 0.6 is 0 Å². The number of aliphatic imine (C=N–C) groups is 1. The van der Waals surface area contributed by atoms with Crippen LogP contribution < -0.4 is 15.4 Å². The number of nitrogens with one attached hydrogen (secondary N) is 2. The number of rotatable bonds is 10. The third-order valence-corrected chi connectivity index (χ3v) is 3.67. The van der Waals surface area contributed by atoms with Crippen LogP contribution in [0.3, 0.4) is 0 Å². The Morgan fingerprint density at radius 1 is 1.15 bits per heavy atom. The monoisotopic (exact) mass is 359 g/mol. The standard InChI is InChI=1S/C20H29N3O3/c1-4-21-20(23-15-18-7-6-10-25-18)22-14-17-9-8-16(3)13-19(17)26-12-11-24-5-2/h6-10,13H,4-5,11-12,14-15H2,1-3H3,(H2,21,22,23). The lowest BCUT2D eigenvalue weighted by Gasteiger charge is -2.13. The molecule has 6 heteroatoms. The van der Waals surface area contributed by atoms with Gasteiger partial charge in [-0.3, -0.25) is 0 Å². The van der Waals surface area contributed by atoms with Crippen molar-refractivity contribution in [2.75, 3.05) is 26.4 Å². The van der Waals surface area contributed by atoms with Crippen molar-refractivity contribution in [3.05, 3.63) is 53.5 Å². The molecule has 0 aliphatic rings. The van der Waals surface area contributed by atoms with Crippen molar-refractivity contribution in [3.63, 3.8) is 0 Å². The van der Waals surface area contributed by atoms with Gasteiger partial charge in [-0.15, -0.1) is 0 Å². The van der Waals surface area contributed by atoms with Crippen molar-refractivity contribution in [2.24, 2.45) is 4.99 Å². The first kappa shape index (κ1) is 19.8. The number of nitrogens with zero attached hydrogens (tertiary/aromatic N) is 1. The van der Waals surface area contributed by atoms with Gasteiger partial charge < -0.3 is 24.5 Å². The topological polar surface area (TPSA) is 68.0 Å². The summed E-state index contributed by atoms with van der Waals surface area (Å²) in [5.74, 6) is 2.46. The molecule has 1 aromatic heterocycles. The van der Waals surface area contributed by atoms with Gasteiger partial charge >= 0.3 is 0 Å². The summed E-state index contributed by atoms with van der Waals surface area (Å²) in [6, 6.07) is 9.98. The van der Waals surface area contributed by atoms with Crippen molar-refractivity contribution in [1.29, 1.82) is 0 Å². The fourth-order valence-electron chi connectivity index (χ4n) is 2.37. The van der Waals surface area contributed by atoms with Crippen LogP contribution in [0.4, 0.5) is 0 Å². The van der Waals surface area contributed by atoms with Crippen LogP contribution in [0, 0.1) is 6.92 Å². The minimum absolute atomic E-state index is 0.526. The van der Waals surface area contributed by atoms with Gasteiger partial charge in [-0.1, -0.05) is 12.1 Å².